The summed E-state index contributed by atoms with van der Waals surface area (Å²) in [6.45, 7) is 3.52. The van der Waals surface area contributed by atoms with Crippen LogP contribution in [0.15, 0.2) is 40.1 Å². The molecule has 0 aliphatic carbocycles. The van der Waals surface area contributed by atoms with E-state index >= 15 is 0 Å². The molecule has 4 rings (SSSR count). The van der Waals surface area contributed by atoms with Crippen molar-refractivity contribution in [2.45, 2.75) is 36.2 Å². The summed E-state index contributed by atoms with van der Waals surface area (Å²) in [7, 11) is -8.89. The van der Waals surface area contributed by atoms with Gasteiger partial charge in [-0.1, -0.05) is 18.2 Å². The molecular weight excluding hydrogens is 512 g/mol. The Morgan fingerprint density at radius 3 is 2.44 bits per heavy atom. The number of aromatic carboxylic acids is 1. The van der Waals surface area contributed by atoms with Crippen molar-refractivity contribution in [3.63, 3.8) is 0 Å². The van der Waals surface area contributed by atoms with E-state index in [4.69, 9.17) is 10.9 Å². The number of hydrogen-bond acceptors (Lipinski definition) is 10. The molecule has 2 aromatic heterocycles. The molecule has 6 N–H and O–H groups in total. The lowest BCUT2D eigenvalue weighted by Gasteiger charge is -2.17. The molecule has 16 heteroatoms. The van der Waals surface area contributed by atoms with Gasteiger partial charge in [0.15, 0.2) is 9.84 Å². The van der Waals surface area contributed by atoms with Crippen LogP contribution in [0, 0.1) is 0 Å². The van der Waals surface area contributed by atoms with Crippen LogP contribution in [0.2, 0.25) is 0 Å². The van der Waals surface area contributed by atoms with Gasteiger partial charge < -0.3 is 15.4 Å². The molecule has 1 atom stereocenters. The fraction of sp³-hybridized carbons (Fsp3) is 0.250. The zero-order chi connectivity index (χ0) is 26.4. The molecule has 0 unspecified atom stereocenters. The molecule has 4 aromatic rings. The number of nitrogens with zero attached hydrogens (tertiary/aromatic N) is 5. The summed E-state index contributed by atoms with van der Waals surface area (Å²) in [5.41, 5.74) is 6.64. The number of H-pyrrole nitrogens is 1. The minimum absolute atomic E-state index is 0.156. The van der Waals surface area contributed by atoms with E-state index in [1.807, 2.05) is 0 Å². The van der Waals surface area contributed by atoms with Crippen LogP contribution in [-0.2, 0) is 26.4 Å². The van der Waals surface area contributed by atoms with Gasteiger partial charge in [0.05, 0.1) is 27.2 Å². The highest BCUT2D eigenvalue weighted by atomic mass is 32.2. The molecule has 0 saturated carbocycles. The van der Waals surface area contributed by atoms with E-state index in [0.717, 1.165) is 6.07 Å². The van der Waals surface area contributed by atoms with Gasteiger partial charge in [-0.2, -0.15) is 5.21 Å². The number of benzene rings is 2. The van der Waals surface area contributed by atoms with Gasteiger partial charge >= 0.3 is 5.97 Å². The van der Waals surface area contributed by atoms with Crippen molar-refractivity contribution in [3.05, 3.63) is 36.2 Å². The summed E-state index contributed by atoms with van der Waals surface area (Å²) >= 11 is 0. The maximum absolute atomic E-state index is 13.1. The highest BCUT2D eigenvalue weighted by molar-refractivity contribution is 7.93. The number of primary sulfonamides is 1. The van der Waals surface area contributed by atoms with E-state index in [1.165, 1.54) is 17.6 Å². The van der Waals surface area contributed by atoms with Crippen molar-refractivity contribution in [2.24, 2.45) is 10.9 Å². The Kier molecular flexibility index (Phi) is 6.38. The molecule has 0 aliphatic rings. The number of carboxylic acid groups (broad SMARTS) is 1. The van der Waals surface area contributed by atoms with Crippen LogP contribution in [0.1, 0.15) is 24.5 Å². The second-order valence-electron chi connectivity index (χ2n) is 8.01. The molecule has 0 amide bonds. The monoisotopic (exact) mass is 534 g/mol. The number of fused-ring (bicyclic) bond motifs is 1. The lowest BCUT2D eigenvalue weighted by molar-refractivity contribution is 0.0679. The Hall–Kier alpha value is -3.73. The maximum atomic E-state index is 13.1. The molecule has 0 radical (unpaired) electrons. The van der Waals surface area contributed by atoms with Gasteiger partial charge in [-0.05, 0) is 36.8 Å². The quantitative estimate of drug-likeness (QED) is 0.241. The van der Waals surface area contributed by atoms with Crippen molar-refractivity contribution >= 4 is 36.9 Å². The van der Waals surface area contributed by atoms with Crippen LogP contribution < -0.4 is 10.9 Å². The average molecular weight is 535 g/mol. The molecule has 0 saturated heterocycles. The van der Waals surface area contributed by atoms with Crippen molar-refractivity contribution in [1.82, 2.24) is 30.2 Å². The van der Waals surface area contributed by atoms with Gasteiger partial charge in [0, 0.05) is 18.2 Å². The zero-order valence-corrected chi connectivity index (χ0v) is 20.7. The lowest BCUT2D eigenvalue weighted by Crippen LogP contribution is -2.28. The van der Waals surface area contributed by atoms with Crippen LogP contribution >= 0.6 is 0 Å². The highest BCUT2D eigenvalue weighted by Gasteiger charge is 2.33. The van der Waals surface area contributed by atoms with Crippen LogP contribution in [0.4, 0.5) is 0 Å². The molecule has 2 aromatic carbocycles. The standard InChI is InChI=1S/C20H22N8O6S2/c1-3-28-13-6-4-5-12(16(13)23-19(28)20(29)30)11-7-8-14(35(31,32)9-10(2)21)17(36(22,33)34)15(11)18-24-26-27-25-18/h4-8,10H,3,9,21H2,1-2H3,(H,29,30)(H2,22,33,34)(H,24,25,26,27)/t10-/m1/s1. The van der Waals surface area contributed by atoms with E-state index in [1.54, 1.807) is 25.1 Å². The number of hydrogen-bond donors (Lipinski definition) is 4. The van der Waals surface area contributed by atoms with Gasteiger partial charge in [-0.3, -0.25) is 0 Å². The second kappa shape index (κ2) is 9.05. The normalized spacial score (nSPS) is 13.2. The van der Waals surface area contributed by atoms with E-state index in [0.29, 0.717) is 17.6 Å². The Labute approximate surface area is 205 Å². The number of nitrogens with two attached hydrogens (primary N) is 2. The number of aromatic nitrogens is 6. The lowest BCUT2D eigenvalue weighted by atomic mass is 9.98. The third kappa shape index (κ3) is 4.34. The third-order valence-corrected chi connectivity index (χ3v) is 8.47. The summed E-state index contributed by atoms with van der Waals surface area (Å²) in [5, 5.41) is 28.6. The molecule has 36 heavy (non-hydrogen) atoms. The Morgan fingerprint density at radius 1 is 1.17 bits per heavy atom. The Bertz CT molecular complexity index is 1690. The minimum Gasteiger partial charge on any atom is -0.475 e. The number of tetrazole rings is 1. The molecule has 14 nitrogen and oxygen atoms in total. The van der Waals surface area contributed by atoms with Crippen LogP contribution in [-0.4, -0.2) is 69.9 Å². The van der Waals surface area contributed by atoms with Crippen molar-refractivity contribution in [1.29, 1.82) is 0 Å². The first-order valence-electron chi connectivity index (χ1n) is 10.5. The first-order valence-corrected chi connectivity index (χ1v) is 13.7. The molecule has 0 bridgehead atoms. The van der Waals surface area contributed by atoms with Crippen molar-refractivity contribution < 1.29 is 26.7 Å². The predicted octanol–water partition coefficient (Wildman–Crippen LogP) is 0.370. The first-order chi connectivity index (χ1) is 16.9. The molecule has 0 spiro atoms. The number of sulfonamides is 1. The Morgan fingerprint density at radius 2 is 1.89 bits per heavy atom. The van der Waals surface area contributed by atoms with E-state index in [2.05, 4.69) is 25.6 Å². The Balaban J connectivity index is 2.17. The first kappa shape index (κ1) is 25.4. The number of carboxylic acids is 1. The fourth-order valence-electron chi connectivity index (χ4n) is 4.09. The van der Waals surface area contributed by atoms with Gasteiger partial charge in [0.2, 0.25) is 21.7 Å². The summed E-state index contributed by atoms with van der Waals surface area (Å²) < 4.78 is 53.4. The molecular formula is C20H22N8O6S2. The topological polar surface area (TPSA) is 230 Å². The molecule has 0 aliphatic heterocycles. The predicted molar refractivity (Wildman–Crippen MR) is 128 cm³/mol. The highest BCUT2D eigenvalue weighted by Crippen LogP contribution is 2.41. The third-order valence-electron chi connectivity index (χ3n) is 5.37. The van der Waals surface area contributed by atoms with E-state index in [-0.39, 0.29) is 28.3 Å². The summed E-state index contributed by atoms with van der Waals surface area (Å²) in [6.07, 6.45) is 0. The van der Waals surface area contributed by atoms with Crippen LogP contribution in [0.3, 0.4) is 0 Å². The fourth-order valence-corrected chi connectivity index (χ4v) is 7.18. The number of imidazole rings is 1. The van der Waals surface area contributed by atoms with Crippen molar-refractivity contribution in [2.75, 3.05) is 5.75 Å². The van der Waals surface area contributed by atoms with Crippen LogP contribution in [0.25, 0.3) is 33.5 Å². The number of nitrogens with one attached hydrogen (secondary N) is 1. The van der Waals surface area contributed by atoms with E-state index in [9.17, 15) is 26.7 Å². The number of sulfone groups is 1. The average Bonchev–Trinajstić information content (AvgIpc) is 3.44. The number of aryl methyl sites for hydroxylation is 1. The van der Waals surface area contributed by atoms with Gasteiger partial charge in [0.25, 0.3) is 0 Å². The number of para-hydroxylation sites is 1. The van der Waals surface area contributed by atoms with Gasteiger partial charge in [0.1, 0.15) is 4.90 Å². The number of carbonyl (C=O) groups is 1. The molecule has 0 fully saturated rings. The maximum Gasteiger partial charge on any atom is 0.372 e. The van der Waals surface area contributed by atoms with Crippen molar-refractivity contribution in [3.8, 4) is 22.5 Å². The molecule has 2 heterocycles. The van der Waals surface area contributed by atoms with Gasteiger partial charge in [-0.15, -0.1) is 10.2 Å². The van der Waals surface area contributed by atoms with Crippen LogP contribution in [0.5, 0.6) is 0 Å². The summed E-state index contributed by atoms with van der Waals surface area (Å²) in [5.74, 6) is -2.25. The second-order valence-corrected chi connectivity index (χ2v) is 11.5. The SMILES string of the molecule is CCn1c(C(=O)O)nc2c(-c3ccc(S(=O)(=O)C[C@@H](C)N)c(S(N)(=O)=O)c3-c3nn[nH]n3)cccc21. The summed E-state index contributed by atoms with van der Waals surface area (Å²) in [4.78, 5) is 14.8. The van der Waals surface area contributed by atoms with Gasteiger partial charge in [-0.25, -0.2) is 31.8 Å². The van der Waals surface area contributed by atoms with E-state index < -0.39 is 47.4 Å². The zero-order valence-electron chi connectivity index (χ0n) is 19.1. The number of rotatable bonds is 8. The largest absolute Gasteiger partial charge is 0.475 e. The number of aromatic amines is 1. The molecule has 190 valence electrons. The summed E-state index contributed by atoms with van der Waals surface area (Å²) in [6, 6.07) is 6.58. The smallest absolute Gasteiger partial charge is 0.372 e. The minimum atomic E-state index is -4.68.